The molecule has 0 saturated heterocycles. The van der Waals surface area contributed by atoms with Crippen molar-refractivity contribution in [3.63, 3.8) is 0 Å². The maximum atomic E-state index is 12.3. The van der Waals surface area contributed by atoms with Crippen molar-refractivity contribution >= 4 is 0 Å². The van der Waals surface area contributed by atoms with Crippen LogP contribution in [-0.2, 0) is 0 Å². The molecule has 32 heavy (non-hydrogen) atoms. The second kappa shape index (κ2) is 8.52. The van der Waals surface area contributed by atoms with Crippen LogP contribution in [0.1, 0.15) is 79.6 Å². The van der Waals surface area contributed by atoms with Crippen LogP contribution in [0.2, 0.25) is 0 Å². The van der Waals surface area contributed by atoms with Gasteiger partial charge in [0, 0.05) is 11.3 Å². The van der Waals surface area contributed by atoms with E-state index in [0.717, 1.165) is 31.3 Å². The van der Waals surface area contributed by atoms with E-state index in [1.807, 2.05) is 6.08 Å². The summed E-state index contributed by atoms with van der Waals surface area (Å²) in [7, 11) is 0. The average molecular weight is 447 g/mol. The fourth-order valence-corrected chi connectivity index (χ4v) is 8.40. The average Bonchev–Trinajstić information content (AvgIpc) is 3.10. The van der Waals surface area contributed by atoms with Crippen molar-refractivity contribution in [1.29, 1.82) is 0 Å². The molecule has 0 amide bonds. The lowest BCUT2D eigenvalue weighted by atomic mass is 9.44. The van der Waals surface area contributed by atoms with Crippen LogP contribution in [0.4, 0.5) is 0 Å². The predicted molar refractivity (Wildman–Crippen MR) is 128 cm³/mol. The smallest absolute Gasteiger partial charge is 0.102 e. The zero-order chi connectivity index (χ0) is 23.5. The lowest BCUT2D eigenvalue weighted by Crippen LogP contribution is -2.68. The van der Waals surface area contributed by atoms with Crippen LogP contribution < -0.4 is 0 Å². The van der Waals surface area contributed by atoms with Crippen LogP contribution in [0.3, 0.4) is 0 Å². The molecule has 10 atom stereocenters. The van der Waals surface area contributed by atoms with Gasteiger partial charge in [-0.3, -0.25) is 0 Å². The summed E-state index contributed by atoms with van der Waals surface area (Å²) in [6, 6.07) is 0. The summed E-state index contributed by atoms with van der Waals surface area (Å²) in [5.41, 5.74) is -0.749. The minimum absolute atomic E-state index is 0.00958. The monoisotopic (exact) mass is 446 g/mol. The molecule has 4 heteroatoms. The molecule has 4 aliphatic rings. The molecular weight excluding hydrogens is 400 g/mol. The van der Waals surface area contributed by atoms with Gasteiger partial charge in [0.2, 0.25) is 0 Å². The number of hydrogen-bond acceptors (Lipinski definition) is 4. The second-order valence-electron chi connectivity index (χ2n) is 12.4. The molecule has 0 aromatic carbocycles. The van der Waals surface area contributed by atoms with Crippen LogP contribution in [-0.4, -0.2) is 44.8 Å². The van der Waals surface area contributed by atoms with E-state index in [1.54, 1.807) is 0 Å². The highest BCUT2D eigenvalue weighted by Crippen LogP contribution is 2.68. The Bertz CT molecular complexity index is 759. The third kappa shape index (κ3) is 3.47. The Morgan fingerprint density at radius 2 is 1.72 bits per heavy atom. The molecule has 3 fully saturated rings. The van der Waals surface area contributed by atoms with E-state index in [9.17, 15) is 20.4 Å². The highest BCUT2D eigenvalue weighted by Gasteiger charge is 2.68. The Morgan fingerprint density at radius 1 is 1.00 bits per heavy atom. The van der Waals surface area contributed by atoms with Crippen molar-refractivity contribution in [2.24, 2.45) is 46.3 Å². The maximum absolute atomic E-state index is 12.3. The number of rotatable bonds is 5. The molecule has 4 N–H and O–H groups in total. The summed E-state index contributed by atoms with van der Waals surface area (Å²) < 4.78 is 0. The molecule has 0 bridgehead atoms. The Morgan fingerprint density at radius 3 is 2.38 bits per heavy atom. The molecule has 182 valence electrons. The molecule has 0 spiro atoms. The Hall–Kier alpha value is -0.680. The maximum Gasteiger partial charge on any atom is 0.102 e. The molecular formula is C28H46O4. The molecule has 0 radical (unpaired) electrons. The summed E-state index contributed by atoms with van der Waals surface area (Å²) in [6.07, 6.45) is 10.9. The number of fused-ring (bicyclic) bond motifs is 5. The van der Waals surface area contributed by atoms with Gasteiger partial charge in [0.05, 0.1) is 12.7 Å². The van der Waals surface area contributed by atoms with E-state index in [1.165, 1.54) is 0 Å². The number of hydrogen-bond donors (Lipinski definition) is 4. The van der Waals surface area contributed by atoms with E-state index in [2.05, 4.69) is 46.8 Å². The van der Waals surface area contributed by atoms with Crippen molar-refractivity contribution in [3.8, 4) is 0 Å². The van der Waals surface area contributed by atoms with E-state index < -0.39 is 23.2 Å². The van der Waals surface area contributed by atoms with Gasteiger partial charge in [-0.15, -0.1) is 0 Å². The van der Waals surface area contributed by atoms with Crippen molar-refractivity contribution in [2.75, 3.05) is 6.61 Å². The first kappa shape index (κ1) is 24.4. The van der Waals surface area contributed by atoms with Gasteiger partial charge >= 0.3 is 0 Å². The normalized spacial score (nSPS) is 48.2. The van der Waals surface area contributed by atoms with Gasteiger partial charge in [-0.25, -0.2) is 0 Å². The van der Waals surface area contributed by atoms with Crippen molar-refractivity contribution in [1.82, 2.24) is 0 Å². The van der Waals surface area contributed by atoms with Crippen LogP contribution >= 0.6 is 0 Å². The molecule has 0 aliphatic heterocycles. The fraction of sp³-hybridized carbons (Fsp3) is 0.857. The van der Waals surface area contributed by atoms with Crippen LogP contribution in [0, 0.1) is 46.3 Å². The summed E-state index contributed by atoms with van der Waals surface area (Å²) >= 11 is 0. The SMILES string of the molecule is CC(C)C(C)C=CC(C)C1CCC2C1(C)CCC1C3(CO)CCC(O)CC3=CC(O)C12O. The van der Waals surface area contributed by atoms with Crippen molar-refractivity contribution in [2.45, 2.75) is 97.4 Å². The van der Waals surface area contributed by atoms with Gasteiger partial charge in [0.1, 0.15) is 11.7 Å². The first-order chi connectivity index (χ1) is 15.0. The largest absolute Gasteiger partial charge is 0.395 e. The summed E-state index contributed by atoms with van der Waals surface area (Å²) in [5, 5.41) is 44.5. The fourth-order valence-electron chi connectivity index (χ4n) is 8.40. The lowest BCUT2D eigenvalue weighted by Gasteiger charge is -2.63. The Kier molecular flexibility index (Phi) is 6.51. The zero-order valence-electron chi connectivity index (χ0n) is 20.8. The molecule has 0 aromatic heterocycles. The molecule has 4 nitrogen and oxygen atoms in total. The van der Waals surface area contributed by atoms with Crippen molar-refractivity contribution in [3.05, 3.63) is 23.8 Å². The topological polar surface area (TPSA) is 80.9 Å². The van der Waals surface area contributed by atoms with Gasteiger partial charge < -0.3 is 20.4 Å². The quantitative estimate of drug-likeness (QED) is 0.470. The summed E-state index contributed by atoms with van der Waals surface area (Å²) in [6.45, 7) is 11.5. The number of allylic oxidation sites excluding steroid dienone is 2. The first-order valence-corrected chi connectivity index (χ1v) is 13.1. The minimum atomic E-state index is -1.20. The highest BCUT2D eigenvalue weighted by atomic mass is 16.3. The third-order valence-corrected chi connectivity index (χ3v) is 10.7. The van der Waals surface area contributed by atoms with Crippen LogP contribution in [0.15, 0.2) is 23.8 Å². The molecule has 10 unspecified atom stereocenters. The standard InChI is InChI=1S/C28H46O4/c1-17(2)18(3)6-7-19(4)22-8-9-23-26(22,5)12-11-24-27(16-29)13-10-21(30)14-20(27)15-25(31)28(23,24)32/h6-7,15,17-19,21-25,29-32H,8-14,16H2,1-5H3. The highest BCUT2D eigenvalue weighted by molar-refractivity contribution is 5.33. The van der Waals surface area contributed by atoms with Gasteiger partial charge in [-0.1, -0.05) is 58.4 Å². The number of aliphatic hydroxyl groups excluding tert-OH is 3. The minimum Gasteiger partial charge on any atom is -0.395 e. The van der Waals surface area contributed by atoms with Crippen LogP contribution in [0.25, 0.3) is 0 Å². The zero-order valence-corrected chi connectivity index (χ0v) is 20.8. The molecule has 4 rings (SSSR count). The Labute approximate surface area is 194 Å². The van der Waals surface area contributed by atoms with E-state index >= 15 is 0 Å². The van der Waals surface area contributed by atoms with E-state index in [4.69, 9.17) is 0 Å². The molecule has 0 heterocycles. The molecule has 0 aromatic rings. The first-order valence-electron chi connectivity index (χ1n) is 13.1. The van der Waals surface area contributed by atoms with Gasteiger partial charge in [-0.05, 0) is 80.0 Å². The third-order valence-electron chi connectivity index (χ3n) is 10.7. The Balaban J connectivity index is 1.65. The molecule has 3 saturated carbocycles. The van der Waals surface area contributed by atoms with Gasteiger partial charge in [0.15, 0.2) is 0 Å². The molecule has 4 aliphatic carbocycles. The number of aliphatic hydroxyl groups is 4. The van der Waals surface area contributed by atoms with Gasteiger partial charge in [-0.2, -0.15) is 0 Å². The summed E-state index contributed by atoms with van der Waals surface area (Å²) in [5.74, 6) is 1.99. The lowest BCUT2D eigenvalue weighted by molar-refractivity contribution is -0.229. The van der Waals surface area contributed by atoms with E-state index in [-0.39, 0.29) is 23.9 Å². The predicted octanol–water partition coefficient (Wildman–Crippen LogP) is 4.47. The van der Waals surface area contributed by atoms with Crippen LogP contribution in [0.5, 0.6) is 0 Å². The summed E-state index contributed by atoms with van der Waals surface area (Å²) in [4.78, 5) is 0. The van der Waals surface area contributed by atoms with Gasteiger partial charge in [0.25, 0.3) is 0 Å². The second-order valence-corrected chi connectivity index (χ2v) is 12.4. The van der Waals surface area contributed by atoms with E-state index in [0.29, 0.717) is 42.9 Å². The van der Waals surface area contributed by atoms with Crippen molar-refractivity contribution < 1.29 is 20.4 Å².